The normalized spacial score (nSPS) is 32.1. The molecule has 1 atom stereocenters. The zero-order chi connectivity index (χ0) is 15.8. The molecule has 4 nitrogen and oxygen atoms in total. The lowest BCUT2D eigenvalue weighted by molar-refractivity contribution is -0.181. The first kappa shape index (κ1) is 16.1. The van der Waals surface area contributed by atoms with Gasteiger partial charge in [-0.05, 0) is 38.5 Å². The van der Waals surface area contributed by atoms with Crippen LogP contribution in [0.4, 0.5) is 8.78 Å². The number of hydrogen-bond acceptors (Lipinski definition) is 3. The van der Waals surface area contributed by atoms with Crippen molar-refractivity contribution >= 4 is 5.91 Å². The highest BCUT2D eigenvalue weighted by molar-refractivity contribution is 5.79. The van der Waals surface area contributed by atoms with Crippen molar-refractivity contribution < 1.29 is 23.4 Å². The second kappa shape index (κ2) is 6.04. The fourth-order valence-corrected chi connectivity index (χ4v) is 4.04. The van der Waals surface area contributed by atoms with Crippen LogP contribution in [-0.2, 0) is 9.53 Å². The van der Waals surface area contributed by atoms with Gasteiger partial charge in [-0.15, -0.1) is 0 Å². The standard InChI is InChI=1S/C16H25F2NO3/c17-16(18)5-3-12(4-6-16)14(21)19-9-7-15(8-10-19)13(20)2-1-11-22-15/h12-13,20H,1-11H2/t13-/m0/s1. The summed E-state index contributed by atoms with van der Waals surface area (Å²) in [6.07, 6.45) is 2.68. The molecule has 0 aromatic rings. The molecule has 1 amide bonds. The predicted octanol–water partition coefficient (Wildman–Crippen LogP) is 2.34. The summed E-state index contributed by atoms with van der Waals surface area (Å²) in [5, 5.41) is 10.2. The highest BCUT2D eigenvalue weighted by atomic mass is 19.3. The van der Waals surface area contributed by atoms with Gasteiger partial charge in [0.2, 0.25) is 11.8 Å². The van der Waals surface area contributed by atoms with E-state index in [1.54, 1.807) is 4.90 Å². The number of alkyl halides is 2. The molecule has 2 aliphatic heterocycles. The maximum absolute atomic E-state index is 13.2. The van der Waals surface area contributed by atoms with Gasteiger partial charge in [0, 0.05) is 38.5 Å². The molecule has 0 aromatic heterocycles. The maximum atomic E-state index is 13.2. The summed E-state index contributed by atoms with van der Waals surface area (Å²) in [7, 11) is 0. The Kier molecular flexibility index (Phi) is 4.42. The number of likely N-dealkylation sites (tertiary alicyclic amines) is 1. The Morgan fingerprint density at radius 2 is 1.73 bits per heavy atom. The SMILES string of the molecule is O=C(C1CCC(F)(F)CC1)N1CCC2(CC1)OCCC[C@@H]2O. The second-order valence-electron chi connectivity index (χ2n) is 7.03. The van der Waals surface area contributed by atoms with Crippen LogP contribution in [0.25, 0.3) is 0 Å². The van der Waals surface area contributed by atoms with E-state index in [1.165, 1.54) is 0 Å². The van der Waals surface area contributed by atoms with E-state index < -0.39 is 17.6 Å². The zero-order valence-corrected chi connectivity index (χ0v) is 12.9. The molecule has 1 saturated carbocycles. The molecule has 3 aliphatic rings. The minimum absolute atomic E-state index is 0.00986. The lowest BCUT2D eigenvalue weighted by Gasteiger charge is -2.47. The van der Waals surface area contributed by atoms with Crippen molar-refractivity contribution in [1.82, 2.24) is 4.90 Å². The van der Waals surface area contributed by atoms with Gasteiger partial charge in [0.1, 0.15) is 0 Å². The Bertz CT molecular complexity index is 412. The van der Waals surface area contributed by atoms with Gasteiger partial charge >= 0.3 is 0 Å². The van der Waals surface area contributed by atoms with Crippen LogP contribution < -0.4 is 0 Å². The largest absolute Gasteiger partial charge is 0.390 e. The highest BCUT2D eigenvalue weighted by Crippen LogP contribution is 2.39. The lowest BCUT2D eigenvalue weighted by Crippen LogP contribution is -2.56. The van der Waals surface area contributed by atoms with Crippen molar-refractivity contribution in [3.05, 3.63) is 0 Å². The Morgan fingerprint density at radius 1 is 1.09 bits per heavy atom. The van der Waals surface area contributed by atoms with E-state index in [-0.39, 0.29) is 37.5 Å². The molecule has 1 aliphatic carbocycles. The average Bonchev–Trinajstić information content (AvgIpc) is 2.51. The number of carbonyl (C=O) groups excluding carboxylic acids is 1. The van der Waals surface area contributed by atoms with E-state index in [4.69, 9.17) is 4.74 Å². The zero-order valence-electron chi connectivity index (χ0n) is 12.9. The third-order valence-corrected chi connectivity index (χ3v) is 5.61. The molecule has 0 unspecified atom stereocenters. The fraction of sp³-hybridized carbons (Fsp3) is 0.938. The number of amides is 1. The summed E-state index contributed by atoms with van der Waals surface area (Å²) < 4.78 is 32.2. The average molecular weight is 317 g/mol. The van der Waals surface area contributed by atoms with Crippen LogP contribution in [0.15, 0.2) is 0 Å². The third-order valence-electron chi connectivity index (χ3n) is 5.61. The molecule has 6 heteroatoms. The van der Waals surface area contributed by atoms with E-state index in [9.17, 15) is 18.7 Å². The number of hydrogen-bond donors (Lipinski definition) is 1. The van der Waals surface area contributed by atoms with Crippen molar-refractivity contribution in [1.29, 1.82) is 0 Å². The minimum Gasteiger partial charge on any atom is -0.390 e. The van der Waals surface area contributed by atoms with Crippen LogP contribution in [0, 0.1) is 5.92 Å². The van der Waals surface area contributed by atoms with E-state index >= 15 is 0 Å². The van der Waals surface area contributed by atoms with Gasteiger partial charge in [0.15, 0.2) is 0 Å². The number of aliphatic hydroxyl groups excluding tert-OH is 1. The van der Waals surface area contributed by atoms with Crippen LogP contribution in [-0.4, -0.2) is 53.2 Å². The van der Waals surface area contributed by atoms with E-state index in [0.29, 0.717) is 32.5 Å². The topological polar surface area (TPSA) is 49.8 Å². The van der Waals surface area contributed by atoms with Gasteiger partial charge in [0.25, 0.3) is 0 Å². The molecule has 2 saturated heterocycles. The first-order valence-corrected chi connectivity index (χ1v) is 8.41. The van der Waals surface area contributed by atoms with E-state index in [2.05, 4.69) is 0 Å². The molecular weight excluding hydrogens is 292 g/mol. The Balaban J connectivity index is 1.54. The lowest BCUT2D eigenvalue weighted by atomic mass is 9.81. The summed E-state index contributed by atoms with van der Waals surface area (Å²) in [4.78, 5) is 14.3. The number of ether oxygens (including phenoxy) is 1. The monoisotopic (exact) mass is 317 g/mol. The van der Waals surface area contributed by atoms with Gasteiger partial charge in [-0.2, -0.15) is 0 Å². The van der Waals surface area contributed by atoms with Crippen molar-refractivity contribution in [2.75, 3.05) is 19.7 Å². The first-order chi connectivity index (χ1) is 10.4. The van der Waals surface area contributed by atoms with Gasteiger partial charge in [-0.3, -0.25) is 4.79 Å². The first-order valence-electron chi connectivity index (χ1n) is 8.41. The fourth-order valence-electron chi connectivity index (χ4n) is 4.04. The predicted molar refractivity (Wildman–Crippen MR) is 76.6 cm³/mol. The quantitative estimate of drug-likeness (QED) is 0.807. The summed E-state index contributed by atoms with van der Waals surface area (Å²) in [5.41, 5.74) is -0.491. The van der Waals surface area contributed by atoms with Crippen LogP contribution >= 0.6 is 0 Å². The number of rotatable bonds is 1. The number of halogens is 2. The van der Waals surface area contributed by atoms with E-state index in [1.807, 2.05) is 0 Å². The number of nitrogens with zero attached hydrogens (tertiary/aromatic N) is 1. The molecule has 1 spiro atoms. The molecule has 0 radical (unpaired) electrons. The molecule has 0 bridgehead atoms. The van der Waals surface area contributed by atoms with E-state index in [0.717, 1.165) is 12.8 Å². The summed E-state index contributed by atoms with van der Waals surface area (Å²) >= 11 is 0. The highest BCUT2D eigenvalue weighted by Gasteiger charge is 2.45. The van der Waals surface area contributed by atoms with Crippen LogP contribution in [0.1, 0.15) is 51.4 Å². The van der Waals surface area contributed by atoms with Gasteiger partial charge < -0.3 is 14.7 Å². The molecule has 2 heterocycles. The Labute approximate surface area is 129 Å². The molecule has 126 valence electrons. The van der Waals surface area contributed by atoms with Crippen LogP contribution in [0.3, 0.4) is 0 Å². The van der Waals surface area contributed by atoms with Crippen molar-refractivity contribution in [3.63, 3.8) is 0 Å². The van der Waals surface area contributed by atoms with Gasteiger partial charge in [0.05, 0.1) is 11.7 Å². The van der Waals surface area contributed by atoms with Gasteiger partial charge in [-0.25, -0.2) is 8.78 Å². The second-order valence-corrected chi connectivity index (χ2v) is 7.03. The maximum Gasteiger partial charge on any atom is 0.248 e. The number of piperidine rings is 1. The number of aliphatic hydroxyl groups is 1. The molecular formula is C16H25F2NO3. The molecule has 3 fully saturated rings. The smallest absolute Gasteiger partial charge is 0.248 e. The Hall–Kier alpha value is -0.750. The van der Waals surface area contributed by atoms with Gasteiger partial charge in [-0.1, -0.05) is 0 Å². The van der Waals surface area contributed by atoms with Crippen molar-refractivity contribution in [2.45, 2.75) is 69.0 Å². The molecule has 22 heavy (non-hydrogen) atoms. The minimum atomic E-state index is -2.59. The summed E-state index contributed by atoms with van der Waals surface area (Å²) in [5.74, 6) is -2.84. The van der Waals surface area contributed by atoms with Crippen LogP contribution in [0.2, 0.25) is 0 Å². The number of carbonyl (C=O) groups is 1. The van der Waals surface area contributed by atoms with Crippen molar-refractivity contribution in [2.24, 2.45) is 5.92 Å². The molecule has 0 aromatic carbocycles. The molecule has 3 rings (SSSR count). The third kappa shape index (κ3) is 3.13. The summed E-state index contributed by atoms with van der Waals surface area (Å²) in [6, 6.07) is 0. The summed E-state index contributed by atoms with van der Waals surface area (Å²) in [6.45, 7) is 1.79. The van der Waals surface area contributed by atoms with Crippen LogP contribution in [0.5, 0.6) is 0 Å². The molecule has 1 N–H and O–H groups in total. The van der Waals surface area contributed by atoms with Crippen molar-refractivity contribution in [3.8, 4) is 0 Å². The Morgan fingerprint density at radius 3 is 2.32 bits per heavy atom.